The molecule has 2 aromatic heterocycles. The van der Waals surface area contributed by atoms with E-state index in [4.69, 9.17) is 5.11 Å². The maximum absolute atomic E-state index is 10.8. The van der Waals surface area contributed by atoms with Gasteiger partial charge in [0, 0.05) is 23.8 Å². The molecule has 0 unspecified atom stereocenters. The van der Waals surface area contributed by atoms with Crippen LogP contribution in [0, 0.1) is 13.8 Å². The van der Waals surface area contributed by atoms with E-state index in [1.165, 1.54) is 11.3 Å². The molecule has 0 aliphatic carbocycles. The van der Waals surface area contributed by atoms with Gasteiger partial charge in [0.05, 0.1) is 22.6 Å². The van der Waals surface area contributed by atoms with Crippen LogP contribution in [0.25, 0.3) is 0 Å². The van der Waals surface area contributed by atoms with E-state index < -0.39 is 5.97 Å². The lowest BCUT2D eigenvalue weighted by Crippen LogP contribution is -2.00. The summed E-state index contributed by atoms with van der Waals surface area (Å²) >= 11 is 1.45. The fraction of sp³-hybridized carbons (Fsp3) is 0.333. The summed E-state index contributed by atoms with van der Waals surface area (Å²) in [5.41, 5.74) is 3.38. The summed E-state index contributed by atoms with van der Waals surface area (Å²) in [5.74, 6) is -0.883. The first-order valence-corrected chi connectivity index (χ1v) is 6.41. The molecule has 0 saturated carbocycles. The lowest BCUT2D eigenvalue weighted by Gasteiger charge is -2.04. The van der Waals surface area contributed by atoms with Crippen LogP contribution in [0.3, 0.4) is 0 Å². The number of hydrogen-bond acceptors (Lipinski definition) is 4. The number of anilines is 1. The van der Waals surface area contributed by atoms with Crippen LogP contribution in [0.2, 0.25) is 0 Å². The largest absolute Gasteiger partial charge is 0.478 e. The number of carboxylic acid groups (broad SMARTS) is 1. The van der Waals surface area contributed by atoms with Gasteiger partial charge in [0.25, 0.3) is 0 Å². The predicted octanol–water partition coefficient (Wildman–Crippen LogP) is 2.41. The van der Waals surface area contributed by atoms with E-state index in [1.54, 1.807) is 11.4 Å². The average molecular weight is 265 g/mol. The number of carbonyl (C=O) groups is 1. The van der Waals surface area contributed by atoms with Crippen molar-refractivity contribution in [3.8, 4) is 0 Å². The maximum atomic E-state index is 10.8. The van der Waals surface area contributed by atoms with Crippen molar-refractivity contribution in [1.29, 1.82) is 0 Å². The molecule has 2 N–H and O–H groups in total. The van der Waals surface area contributed by atoms with Crippen LogP contribution >= 0.6 is 11.3 Å². The SMILES string of the molecule is Cc1nn(C)c(C)c1NCc1cc(C(=O)O)cs1. The van der Waals surface area contributed by atoms with Crippen LogP contribution in [0.4, 0.5) is 5.69 Å². The second-order valence-electron chi connectivity index (χ2n) is 4.13. The molecule has 0 bridgehead atoms. The van der Waals surface area contributed by atoms with E-state index in [2.05, 4.69) is 10.4 Å². The van der Waals surface area contributed by atoms with Gasteiger partial charge in [0.15, 0.2) is 0 Å². The van der Waals surface area contributed by atoms with Gasteiger partial charge >= 0.3 is 5.97 Å². The normalized spacial score (nSPS) is 10.6. The molecule has 2 rings (SSSR count). The van der Waals surface area contributed by atoms with E-state index >= 15 is 0 Å². The highest BCUT2D eigenvalue weighted by Crippen LogP contribution is 2.21. The van der Waals surface area contributed by atoms with Gasteiger partial charge in [-0.25, -0.2) is 4.79 Å². The van der Waals surface area contributed by atoms with Gasteiger partial charge in [0.1, 0.15) is 0 Å². The molecule has 18 heavy (non-hydrogen) atoms. The minimum atomic E-state index is -0.883. The molecule has 2 aromatic rings. The van der Waals surface area contributed by atoms with Crippen LogP contribution < -0.4 is 5.32 Å². The summed E-state index contributed by atoms with van der Waals surface area (Å²) < 4.78 is 1.83. The third-order valence-corrected chi connectivity index (χ3v) is 3.79. The van der Waals surface area contributed by atoms with Gasteiger partial charge in [-0.05, 0) is 19.9 Å². The summed E-state index contributed by atoms with van der Waals surface area (Å²) in [4.78, 5) is 11.8. The monoisotopic (exact) mass is 265 g/mol. The first kappa shape index (κ1) is 12.6. The third-order valence-electron chi connectivity index (χ3n) is 2.85. The first-order valence-electron chi connectivity index (χ1n) is 5.54. The van der Waals surface area contributed by atoms with Crippen LogP contribution in [-0.4, -0.2) is 20.9 Å². The van der Waals surface area contributed by atoms with Gasteiger partial charge in [0.2, 0.25) is 0 Å². The van der Waals surface area contributed by atoms with Crippen molar-refractivity contribution in [2.24, 2.45) is 7.05 Å². The van der Waals surface area contributed by atoms with E-state index in [0.29, 0.717) is 12.1 Å². The van der Waals surface area contributed by atoms with Crippen molar-refractivity contribution in [1.82, 2.24) is 9.78 Å². The average Bonchev–Trinajstić information content (AvgIpc) is 2.85. The summed E-state index contributed by atoms with van der Waals surface area (Å²) in [7, 11) is 1.90. The van der Waals surface area contributed by atoms with Gasteiger partial charge in [-0.3, -0.25) is 4.68 Å². The minimum absolute atomic E-state index is 0.344. The van der Waals surface area contributed by atoms with Crippen molar-refractivity contribution in [2.45, 2.75) is 20.4 Å². The predicted molar refractivity (Wildman–Crippen MR) is 71.3 cm³/mol. The second-order valence-corrected chi connectivity index (χ2v) is 5.13. The molecule has 0 aromatic carbocycles. The van der Waals surface area contributed by atoms with Crippen LogP contribution in [0.15, 0.2) is 11.4 Å². The Morgan fingerprint density at radius 1 is 1.56 bits per heavy atom. The highest BCUT2D eigenvalue weighted by Gasteiger charge is 2.10. The third kappa shape index (κ3) is 2.38. The zero-order chi connectivity index (χ0) is 13.3. The molecule has 0 radical (unpaired) electrons. The van der Waals surface area contributed by atoms with Crippen molar-refractivity contribution in [3.05, 3.63) is 33.3 Å². The van der Waals surface area contributed by atoms with Crippen molar-refractivity contribution in [3.63, 3.8) is 0 Å². The number of nitrogens with zero attached hydrogens (tertiary/aromatic N) is 2. The topological polar surface area (TPSA) is 67.2 Å². The summed E-state index contributed by atoms with van der Waals surface area (Å²) in [6.07, 6.45) is 0. The lowest BCUT2D eigenvalue weighted by atomic mass is 10.3. The number of aryl methyl sites for hydroxylation is 2. The fourth-order valence-corrected chi connectivity index (χ4v) is 2.59. The highest BCUT2D eigenvalue weighted by molar-refractivity contribution is 7.10. The molecule has 0 aliphatic rings. The zero-order valence-electron chi connectivity index (χ0n) is 10.5. The smallest absolute Gasteiger partial charge is 0.336 e. The van der Waals surface area contributed by atoms with Crippen molar-refractivity contribution in [2.75, 3.05) is 5.32 Å². The molecular formula is C12H15N3O2S. The van der Waals surface area contributed by atoms with E-state index in [-0.39, 0.29) is 0 Å². The quantitative estimate of drug-likeness (QED) is 0.891. The number of carboxylic acids is 1. The molecule has 5 nitrogen and oxygen atoms in total. The number of rotatable bonds is 4. The van der Waals surface area contributed by atoms with Gasteiger partial charge < -0.3 is 10.4 Å². The molecular weight excluding hydrogens is 250 g/mol. The molecule has 0 aliphatic heterocycles. The van der Waals surface area contributed by atoms with E-state index in [9.17, 15) is 4.79 Å². The second kappa shape index (κ2) is 4.81. The Hall–Kier alpha value is -1.82. The minimum Gasteiger partial charge on any atom is -0.478 e. The maximum Gasteiger partial charge on any atom is 0.336 e. The fourth-order valence-electron chi connectivity index (χ4n) is 1.79. The summed E-state index contributed by atoms with van der Waals surface area (Å²) in [6.45, 7) is 4.57. The Bertz CT molecular complexity index is 586. The highest BCUT2D eigenvalue weighted by atomic mass is 32.1. The molecule has 0 amide bonds. The van der Waals surface area contributed by atoms with Crippen molar-refractivity contribution >= 4 is 23.0 Å². The number of nitrogens with one attached hydrogen (secondary N) is 1. The van der Waals surface area contributed by atoms with Crippen LogP contribution in [0.1, 0.15) is 26.6 Å². The molecule has 0 saturated heterocycles. The molecule has 0 atom stereocenters. The van der Waals surface area contributed by atoms with Gasteiger partial charge in [-0.1, -0.05) is 0 Å². The first-order chi connectivity index (χ1) is 8.49. The Morgan fingerprint density at radius 2 is 2.28 bits per heavy atom. The van der Waals surface area contributed by atoms with Crippen LogP contribution in [-0.2, 0) is 13.6 Å². The molecule has 0 fully saturated rings. The summed E-state index contributed by atoms with van der Waals surface area (Å²) in [5, 5.41) is 18.1. The number of aromatic nitrogens is 2. The Labute approximate surface area is 109 Å². The molecule has 2 heterocycles. The van der Waals surface area contributed by atoms with Crippen LogP contribution in [0.5, 0.6) is 0 Å². The van der Waals surface area contributed by atoms with Gasteiger partial charge in [-0.15, -0.1) is 11.3 Å². The molecule has 6 heteroatoms. The van der Waals surface area contributed by atoms with Crippen molar-refractivity contribution < 1.29 is 9.90 Å². The van der Waals surface area contributed by atoms with E-state index in [1.807, 2.05) is 25.6 Å². The van der Waals surface area contributed by atoms with Gasteiger partial charge in [-0.2, -0.15) is 5.10 Å². The Kier molecular flexibility index (Phi) is 3.38. The van der Waals surface area contributed by atoms with E-state index in [0.717, 1.165) is 22.0 Å². The number of aromatic carboxylic acids is 1. The Morgan fingerprint density at radius 3 is 2.78 bits per heavy atom. The summed E-state index contributed by atoms with van der Waals surface area (Å²) in [6, 6.07) is 1.70. The Balaban J connectivity index is 2.09. The standard InChI is InChI=1S/C12H15N3O2S/c1-7-11(8(2)15(3)14-7)13-5-10-4-9(6-18-10)12(16)17/h4,6,13H,5H2,1-3H3,(H,16,17). The number of hydrogen-bond donors (Lipinski definition) is 2. The molecule has 0 spiro atoms. The zero-order valence-corrected chi connectivity index (χ0v) is 11.3. The molecule has 96 valence electrons. The number of thiophene rings is 1. The lowest BCUT2D eigenvalue weighted by molar-refractivity contribution is 0.0697.